The van der Waals surface area contributed by atoms with Crippen LogP contribution in [0.15, 0.2) is 30.7 Å². The molecule has 158 valence electrons. The third-order valence-corrected chi connectivity index (χ3v) is 4.48. The van der Waals surface area contributed by atoms with Gasteiger partial charge in [-0.1, -0.05) is 0 Å². The van der Waals surface area contributed by atoms with E-state index in [9.17, 15) is 23.3 Å². The molecule has 1 aliphatic heterocycles. The number of fused-ring (bicyclic) bond motifs is 1. The molecule has 4 rings (SSSR count). The second-order valence-electron chi connectivity index (χ2n) is 6.50. The standard InChI is InChI=1S/C17H15F3N6O4/c18-17(19,20)30-11-1-2-12-13(7-11)25(9-22-12)16-21-8-14(26(27)28)15(24-16)23-10-3-5-29-6-4-10/h1-2,7-10H,3-6H2,(H,21,23,24). The van der Waals surface area contributed by atoms with Gasteiger partial charge in [0.2, 0.25) is 11.8 Å². The number of anilines is 1. The van der Waals surface area contributed by atoms with Gasteiger partial charge in [-0.25, -0.2) is 9.97 Å². The average molecular weight is 424 g/mol. The highest BCUT2D eigenvalue weighted by Crippen LogP contribution is 2.29. The van der Waals surface area contributed by atoms with E-state index in [1.807, 2.05) is 0 Å². The minimum Gasteiger partial charge on any atom is -0.406 e. The predicted molar refractivity (Wildman–Crippen MR) is 97.5 cm³/mol. The summed E-state index contributed by atoms with van der Waals surface area (Å²) < 4.78 is 48.2. The van der Waals surface area contributed by atoms with Crippen molar-refractivity contribution in [1.29, 1.82) is 0 Å². The van der Waals surface area contributed by atoms with Crippen LogP contribution >= 0.6 is 0 Å². The Hall–Kier alpha value is -3.48. The van der Waals surface area contributed by atoms with Gasteiger partial charge in [-0.2, -0.15) is 4.98 Å². The first-order chi connectivity index (χ1) is 14.3. The van der Waals surface area contributed by atoms with Crippen LogP contribution in [0.2, 0.25) is 0 Å². The van der Waals surface area contributed by atoms with Crippen LogP contribution in [-0.2, 0) is 4.74 Å². The largest absolute Gasteiger partial charge is 0.573 e. The van der Waals surface area contributed by atoms with Crippen LogP contribution in [0, 0.1) is 10.1 Å². The maximum absolute atomic E-state index is 12.5. The summed E-state index contributed by atoms with van der Waals surface area (Å²) in [5, 5.41) is 14.4. The smallest absolute Gasteiger partial charge is 0.406 e. The van der Waals surface area contributed by atoms with Crippen LogP contribution in [0.1, 0.15) is 12.8 Å². The van der Waals surface area contributed by atoms with Gasteiger partial charge in [0.15, 0.2) is 0 Å². The fraction of sp³-hybridized carbons (Fsp3) is 0.353. The van der Waals surface area contributed by atoms with Crippen molar-refractivity contribution < 1.29 is 27.6 Å². The molecular weight excluding hydrogens is 409 g/mol. The van der Waals surface area contributed by atoms with Gasteiger partial charge in [0, 0.05) is 25.3 Å². The lowest BCUT2D eigenvalue weighted by atomic mass is 10.1. The van der Waals surface area contributed by atoms with Crippen molar-refractivity contribution in [3.05, 3.63) is 40.8 Å². The summed E-state index contributed by atoms with van der Waals surface area (Å²) in [4.78, 5) is 23.1. The molecule has 0 atom stereocenters. The number of aromatic nitrogens is 4. The van der Waals surface area contributed by atoms with E-state index >= 15 is 0 Å². The molecule has 0 aliphatic carbocycles. The Labute approximate surface area is 166 Å². The van der Waals surface area contributed by atoms with E-state index in [1.54, 1.807) is 0 Å². The molecular formula is C17H15F3N6O4. The lowest BCUT2D eigenvalue weighted by molar-refractivity contribution is -0.384. The summed E-state index contributed by atoms with van der Waals surface area (Å²) >= 11 is 0. The minimum absolute atomic E-state index is 0.0152. The van der Waals surface area contributed by atoms with Gasteiger partial charge in [-0.15, -0.1) is 13.2 Å². The number of ether oxygens (including phenoxy) is 2. The Morgan fingerprint density at radius 3 is 2.73 bits per heavy atom. The summed E-state index contributed by atoms with van der Waals surface area (Å²) in [5.41, 5.74) is 0.323. The quantitative estimate of drug-likeness (QED) is 0.490. The van der Waals surface area contributed by atoms with Crippen LogP contribution < -0.4 is 10.1 Å². The second-order valence-corrected chi connectivity index (χ2v) is 6.50. The van der Waals surface area contributed by atoms with Crippen molar-refractivity contribution in [1.82, 2.24) is 19.5 Å². The fourth-order valence-electron chi connectivity index (χ4n) is 3.10. The molecule has 1 aromatic carbocycles. The number of nitrogens with one attached hydrogen (secondary N) is 1. The summed E-state index contributed by atoms with van der Waals surface area (Å²) in [6, 6.07) is 3.58. The first-order valence-electron chi connectivity index (χ1n) is 8.89. The molecule has 10 nitrogen and oxygen atoms in total. The zero-order valence-electron chi connectivity index (χ0n) is 15.3. The van der Waals surface area contributed by atoms with Crippen LogP contribution in [0.25, 0.3) is 17.0 Å². The Morgan fingerprint density at radius 1 is 1.27 bits per heavy atom. The summed E-state index contributed by atoms with van der Waals surface area (Å²) in [7, 11) is 0. The van der Waals surface area contributed by atoms with Crippen molar-refractivity contribution in [3.8, 4) is 11.7 Å². The SMILES string of the molecule is O=[N+]([O-])c1cnc(-n2cnc3ccc(OC(F)(F)F)cc32)nc1NC1CCOCC1. The Bertz CT molecular complexity index is 1080. The van der Waals surface area contributed by atoms with Gasteiger partial charge in [-0.05, 0) is 25.0 Å². The Morgan fingerprint density at radius 2 is 2.03 bits per heavy atom. The fourth-order valence-corrected chi connectivity index (χ4v) is 3.10. The lowest BCUT2D eigenvalue weighted by Gasteiger charge is -2.23. The van der Waals surface area contributed by atoms with Crippen molar-refractivity contribution in [2.24, 2.45) is 0 Å². The molecule has 0 spiro atoms. The number of halogens is 3. The Balaban J connectivity index is 1.72. The molecule has 3 aromatic rings. The van der Waals surface area contributed by atoms with E-state index in [0.717, 1.165) is 18.3 Å². The number of hydrogen-bond acceptors (Lipinski definition) is 8. The van der Waals surface area contributed by atoms with Crippen molar-refractivity contribution in [3.63, 3.8) is 0 Å². The van der Waals surface area contributed by atoms with E-state index < -0.39 is 17.0 Å². The minimum atomic E-state index is -4.84. The van der Waals surface area contributed by atoms with Gasteiger partial charge < -0.3 is 14.8 Å². The highest BCUT2D eigenvalue weighted by Gasteiger charge is 2.31. The van der Waals surface area contributed by atoms with Crippen molar-refractivity contribution in [2.75, 3.05) is 18.5 Å². The molecule has 2 aromatic heterocycles. The average Bonchev–Trinajstić information content (AvgIpc) is 3.10. The number of alkyl halides is 3. The van der Waals surface area contributed by atoms with Crippen LogP contribution in [-0.4, -0.2) is 50.1 Å². The van der Waals surface area contributed by atoms with Crippen LogP contribution in [0.5, 0.6) is 5.75 Å². The molecule has 0 radical (unpaired) electrons. The number of hydrogen-bond donors (Lipinski definition) is 1. The number of imidazole rings is 1. The molecule has 0 amide bonds. The first kappa shape index (κ1) is 19.8. The monoisotopic (exact) mass is 424 g/mol. The normalized spacial score (nSPS) is 15.3. The predicted octanol–water partition coefficient (Wildman–Crippen LogP) is 3.21. The maximum Gasteiger partial charge on any atom is 0.573 e. The van der Waals surface area contributed by atoms with Gasteiger partial charge in [-0.3, -0.25) is 14.7 Å². The Kier molecular flexibility index (Phi) is 5.11. The van der Waals surface area contributed by atoms with Gasteiger partial charge in [0.05, 0.1) is 16.0 Å². The van der Waals surface area contributed by atoms with Crippen molar-refractivity contribution in [2.45, 2.75) is 25.2 Å². The van der Waals surface area contributed by atoms with Gasteiger partial charge >= 0.3 is 12.0 Å². The van der Waals surface area contributed by atoms with Crippen LogP contribution in [0.4, 0.5) is 24.7 Å². The number of rotatable bonds is 5. The molecule has 30 heavy (non-hydrogen) atoms. The highest BCUT2D eigenvalue weighted by atomic mass is 19.4. The van der Waals surface area contributed by atoms with Crippen molar-refractivity contribution >= 4 is 22.5 Å². The first-order valence-corrected chi connectivity index (χ1v) is 8.89. The summed E-state index contributed by atoms with van der Waals surface area (Å²) in [6.45, 7) is 1.05. The molecule has 1 fully saturated rings. The molecule has 13 heteroatoms. The zero-order valence-corrected chi connectivity index (χ0v) is 15.3. The van der Waals surface area contributed by atoms with E-state index in [0.29, 0.717) is 31.6 Å². The van der Waals surface area contributed by atoms with Crippen LogP contribution in [0.3, 0.4) is 0 Å². The van der Waals surface area contributed by atoms with E-state index in [4.69, 9.17) is 4.74 Å². The van der Waals surface area contributed by atoms with E-state index in [2.05, 4.69) is 25.0 Å². The third-order valence-electron chi connectivity index (χ3n) is 4.48. The highest BCUT2D eigenvalue weighted by molar-refractivity contribution is 5.78. The summed E-state index contributed by atoms with van der Waals surface area (Å²) in [5.74, 6) is -0.400. The van der Waals surface area contributed by atoms with E-state index in [1.165, 1.54) is 17.0 Å². The van der Waals surface area contributed by atoms with E-state index in [-0.39, 0.29) is 29.0 Å². The number of nitrogens with zero attached hydrogens (tertiary/aromatic N) is 5. The molecule has 1 N–H and O–H groups in total. The molecule has 0 bridgehead atoms. The lowest BCUT2D eigenvalue weighted by Crippen LogP contribution is -2.28. The van der Waals surface area contributed by atoms with Gasteiger partial charge in [0.25, 0.3) is 0 Å². The topological polar surface area (TPSA) is 117 Å². The maximum atomic E-state index is 12.5. The number of benzene rings is 1. The molecule has 1 saturated heterocycles. The van der Waals surface area contributed by atoms with Gasteiger partial charge in [0.1, 0.15) is 18.3 Å². The molecule has 1 aliphatic rings. The second kappa shape index (κ2) is 7.74. The third kappa shape index (κ3) is 4.25. The molecule has 3 heterocycles. The zero-order chi connectivity index (χ0) is 21.3. The number of nitro groups is 1. The molecule has 0 saturated carbocycles. The summed E-state index contributed by atoms with van der Waals surface area (Å²) in [6.07, 6.45) is -1.16. The molecule has 0 unspecified atom stereocenters.